The van der Waals surface area contributed by atoms with Gasteiger partial charge in [0.25, 0.3) is 0 Å². The second-order valence-corrected chi connectivity index (χ2v) is 12.7. The van der Waals surface area contributed by atoms with Gasteiger partial charge in [0.2, 0.25) is 0 Å². The Kier molecular flexibility index (Phi) is 5.71. The molecule has 1 heterocycles. The Morgan fingerprint density at radius 2 is 0.898 bits per heavy atom. The predicted octanol–water partition coefficient (Wildman–Crippen LogP) is 13.8. The number of hydrogen-bond acceptors (Lipinski definition) is 1. The number of fused-ring (bicyclic) bond motifs is 12. The van der Waals surface area contributed by atoms with Crippen LogP contribution in [-0.2, 0) is 0 Å². The Balaban J connectivity index is 1.11. The molecular weight excluding hydrogens is 597 g/mol. The Morgan fingerprint density at radius 1 is 0.347 bits per heavy atom. The minimum Gasteiger partial charge on any atom is -0.456 e. The normalized spacial score (nSPS) is 11.6. The first-order valence-electron chi connectivity index (χ1n) is 16.2. The van der Waals surface area contributed by atoms with Crippen LogP contribution in [0.4, 0.5) is 11.4 Å². The van der Waals surface area contributed by atoms with E-state index in [0.717, 1.165) is 49.6 Å². The summed E-state index contributed by atoms with van der Waals surface area (Å²) in [4.78, 5) is 7.08. The van der Waals surface area contributed by atoms with Crippen molar-refractivity contribution in [3.63, 3.8) is 0 Å². The summed E-state index contributed by atoms with van der Waals surface area (Å²) in [6, 6.07) is 51.3. The first-order valence-corrected chi connectivity index (χ1v) is 16.2. The van der Waals surface area contributed by atoms with Crippen LogP contribution in [0.15, 0.2) is 150 Å². The van der Waals surface area contributed by atoms with Crippen molar-refractivity contribution in [2.45, 2.75) is 0 Å². The third-order valence-corrected chi connectivity index (χ3v) is 10.0. The van der Waals surface area contributed by atoms with Crippen LogP contribution >= 0.6 is 0 Å². The molecule has 3 nitrogen and oxygen atoms in total. The summed E-state index contributed by atoms with van der Waals surface area (Å²) in [5.74, 6) is 0. The third kappa shape index (κ3) is 4.07. The van der Waals surface area contributed by atoms with Crippen LogP contribution in [0, 0.1) is 13.1 Å². The molecule has 0 aliphatic heterocycles. The zero-order valence-corrected chi connectivity index (χ0v) is 26.2. The highest BCUT2D eigenvalue weighted by Gasteiger charge is 2.16. The fraction of sp³-hybridized carbons (Fsp3) is 0. The van der Waals surface area contributed by atoms with Gasteiger partial charge >= 0.3 is 0 Å². The molecule has 10 rings (SSSR count). The van der Waals surface area contributed by atoms with E-state index in [1.807, 2.05) is 12.1 Å². The third-order valence-electron chi connectivity index (χ3n) is 10.0. The molecule has 0 spiro atoms. The second kappa shape index (κ2) is 10.3. The molecule has 0 atom stereocenters. The lowest BCUT2D eigenvalue weighted by Crippen LogP contribution is -1.86. The number of benzene rings is 9. The molecule has 0 N–H and O–H groups in total. The van der Waals surface area contributed by atoms with Crippen molar-refractivity contribution in [1.82, 2.24) is 0 Å². The van der Waals surface area contributed by atoms with Crippen molar-refractivity contribution in [3.05, 3.63) is 168 Å². The van der Waals surface area contributed by atoms with Crippen LogP contribution in [0.1, 0.15) is 0 Å². The van der Waals surface area contributed by atoms with Crippen molar-refractivity contribution in [3.8, 4) is 22.3 Å². The molecule has 224 valence electrons. The molecule has 10 aromatic rings. The predicted molar refractivity (Wildman–Crippen MR) is 205 cm³/mol. The molecule has 0 aliphatic rings. The smallest absolute Gasteiger partial charge is 0.195 e. The molecule has 0 saturated heterocycles. The molecule has 1 aromatic heterocycles. The SMILES string of the molecule is [C-]#[N+]c1cc2ccc(-c3ccc(-c4ccc5c(c4)c4ccccc4c4cc6c(cc54)oc4ccc5ccccc5c46)cc3)cc2cc1[N+]#[C-]. The molecule has 9 aromatic carbocycles. The summed E-state index contributed by atoms with van der Waals surface area (Å²) in [5.41, 5.74) is 7.08. The number of hydrogen-bond donors (Lipinski definition) is 0. The van der Waals surface area contributed by atoms with Gasteiger partial charge < -0.3 is 4.42 Å². The molecule has 0 aliphatic carbocycles. The van der Waals surface area contributed by atoms with E-state index in [9.17, 15) is 0 Å². The number of furan rings is 1. The highest BCUT2D eigenvalue weighted by Crippen LogP contribution is 2.43. The van der Waals surface area contributed by atoms with Crippen LogP contribution in [0.25, 0.3) is 108 Å². The van der Waals surface area contributed by atoms with Crippen molar-refractivity contribution < 1.29 is 4.42 Å². The molecule has 0 radical (unpaired) electrons. The molecule has 49 heavy (non-hydrogen) atoms. The van der Waals surface area contributed by atoms with E-state index >= 15 is 0 Å². The minimum atomic E-state index is 0.391. The van der Waals surface area contributed by atoms with E-state index in [4.69, 9.17) is 17.6 Å². The average molecular weight is 621 g/mol. The van der Waals surface area contributed by atoms with Gasteiger partial charge in [-0.2, -0.15) is 0 Å². The van der Waals surface area contributed by atoms with Gasteiger partial charge in [-0.05, 0) is 106 Å². The van der Waals surface area contributed by atoms with Crippen LogP contribution in [0.5, 0.6) is 0 Å². The molecule has 0 saturated carbocycles. The minimum absolute atomic E-state index is 0.391. The Labute approximate surface area is 281 Å². The molecule has 0 fully saturated rings. The van der Waals surface area contributed by atoms with Crippen LogP contribution in [0.3, 0.4) is 0 Å². The van der Waals surface area contributed by atoms with Crippen molar-refractivity contribution in [2.24, 2.45) is 0 Å². The molecule has 3 heteroatoms. The van der Waals surface area contributed by atoms with Crippen LogP contribution in [0.2, 0.25) is 0 Å². The van der Waals surface area contributed by atoms with Crippen molar-refractivity contribution in [1.29, 1.82) is 0 Å². The summed E-state index contributed by atoms with van der Waals surface area (Å²) in [7, 11) is 0. The maximum absolute atomic E-state index is 7.48. The van der Waals surface area contributed by atoms with Gasteiger partial charge in [0.05, 0.1) is 13.1 Å². The average Bonchev–Trinajstić information content (AvgIpc) is 3.54. The zero-order chi connectivity index (χ0) is 32.6. The van der Waals surface area contributed by atoms with E-state index in [1.165, 1.54) is 48.5 Å². The van der Waals surface area contributed by atoms with E-state index in [1.54, 1.807) is 6.07 Å². The van der Waals surface area contributed by atoms with E-state index in [-0.39, 0.29) is 0 Å². The van der Waals surface area contributed by atoms with Crippen molar-refractivity contribution in [2.75, 3.05) is 0 Å². The maximum Gasteiger partial charge on any atom is 0.195 e. The highest BCUT2D eigenvalue weighted by atomic mass is 16.3. The fourth-order valence-electron chi connectivity index (χ4n) is 7.66. The highest BCUT2D eigenvalue weighted by molar-refractivity contribution is 6.30. The summed E-state index contributed by atoms with van der Waals surface area (Å²) in [6.07, 6.45) is 0. The largest absolute Gasteiger partial charge is 0.456 e. The lowest BCUT2D eigenvalue weighted by Gasteiger charge is -2.13. The van der Waals surface area contributed by atoms with Gasteiger partial charge in [-0.15, -0.1) is 0 Å². The Bertz CT molecular complexity index is 3120. The molecule has 0 unspecified atom stereocenters. The zero-order valence-electron chi connectivity index (χ0n) is 26.2. The van der Waals surface area contributed by atoms with E-state index < -0.39 is 0 Å². The van der Waals surface area contributed by atoms with E-state index in [2.05, 4.69) is 137 Å². The first-order chi connectivity index (χ1) is 24.2. The van der Waals surface area contributed by atoms with Gasteiger partial charge in [-0.1, -0.05) is 115 Å². The number of rotatable bonds is 2. The summed E-state index contributed by atoms with van der Waals surface area (Å²) >= 11 is 0. The monoisotopic (exact) mass is 620 g/mol. The maximum atomic E-state index is 7.48. The fourth-order valence-corrected chi connectivity index (χ4v) is 7.66. The van der Waals surface area contributed by atoms with E-state index in [0.29, 0.717) is 11.4 Å². The van der Waals surface area contributed by atoms with Crippen LogP contribution < -0.4 is 0 Å². The van der Waals surface area contributed by atoms with Gasteiger partial charge in [-0.25, -0.2) is 0 Å². The lowest BCUT2D eigenvalue weighted by atomic mass is 9.90. The standard InChI is InChI=1S/C46H24N2O/c1-47-42-23-32-16-15-30(21-33(32)24-43(42)48-2)27-11-13-28(14-12-27)31-17-19-37-38(22-31)35-9-5-6-10-36(35)39-25-41-45(26-40(37)39)49-44-20-18-29-7-3-4-8-34(29)46(41)44/h3-26H. The topological polar surface area (TPSA) is 21.9 Å². The van der Waals surface area contributed by atoms with Crippen LogP contribution in [-0.4, -0.2) is 0 Å². The summed E-state index contributed by atoms with van der Waals surface area (Å²) in [5, 5.41) is 14.0. The molecular formula is C46H24N2O. The number of nitrogens with zero attached hydrogens (tertiary/aromatic N) is 2. The molecule has 0 amide bonds. The quantitative estimate of drug-likeness (QED) is 0.139. The van der Waals surface area contributed by atoms with Gasteiger partial charge in [0.15, 0.2) is 11.4 Å². The van der Waals surface area contributed by atoms with Gasteiger partial charge in [-0.3, -0.25) is 9.69 Å². The first kappa shape index (κ1) is 27.2. The second-order valence-electron chi connectivity index (χ2n) is 12.7. The molecule has 0 bridgehead atoms. The lowest BCUT2D eigenvalue weighted by molar-refractivity contribution is 0.670. The summed E-state index contributed by atoms with van der Waals surface area (Å²) < 4.78 is 6.49. The Hall–Kier alpha value is -6.94. The van der Waals surface area contributed by atoms with Gasteiger partial charge in [0.1, 0.15) is 11.2 Å². The Morgan fingerprint density at radius 3 is 1.63 bits per heavy atom. The van der Waals surface area contributed by atoms with Gasteiger partial charge in [0, 0.05) is 10.8 Å². The summed E-state index contributed by atoms with van der Waals surface area (Å²) in [6.45, 7) is 14.9. The van der Waals surface area contributed by atoms with Crippen molar-refractivity contribution >= 4 is 87.2 Å².